The van der Waals surface area contributed by atoms with E-state index in [1.54, 1.807) is 0 Å². The lowest BCUT2D eigenvalue weighted by atomic mass is 9.83. The maximum Gasteiger partial charge on any atom is 0.0687 e. The molecule has 0 aliphatic heterocycles. The molecule has 0 aliphatic carbocycles. The number of hydrogen-bond acceptors (Lipinski definition) is 1. The lowest BCUT2D eigenvalue weighted by Gasteiger charge is -2.23. The highest BCUT2D eigenvalue weighted by molar-refractivity contribution is 5.42. The Hall–Kier alpha value is -0.820. The highest BCUT2D eigenvalue weighted by Gasteiger charge is 2.17. The average molecular weight is 206 g/mol. The van der Waals surface area contributed by atoms with Gasteiger partial charge in [0.2, 0.25) is 0 Å². The Morgan fingerprint density at radius 2 is 1.60 bits per heavy atom. The Morgan fingerprint density at radius 3 is 2.07 bits per heavy atom. The summed E-state index contributed by atoms with van der Waals surface area (Å²) < 4.78 is 0. The molecule has 0 saturated carbocycles. The van der Waals surface area contributed by atoms with Crippen molar-refractivity contribution >= 4 is 0 Å². The van der Waals surface area contributed by atoms with Crippen LogP contribution in [0.1, 0.15) is 48.9 Å². The minimum absolute atomic E-state index is 0.153. The van der Waals surface area contributed by atoms with Crippen LogP contribution in [0.5, 0.6) is 0 Å². The van der Waals surface area contributed by atoms with E-state index in [9.17, 15) is 5.11 Å². The summed E-state index contributed by atoms with van der Waals surface area (Å²) in [7, 11) is 0. The molecule has 1 atom stereocenters. The molecule has 1 nitrogen and oxygen atoms in total. The number of hydrogen-bond donors (Lipinski definition) is 1. The molecular weight excluding hydrogens is 184 g/mol. The standard InChI is InChI=1S/C14H22O/c1-9(2)12(5)14-11(4)7-6-10(3)13(14)8-15/h6-7,9,12,15H,8H2,1-5H3. The minimum atomic E-state index is 0.153. The molecule has 0 radical (unpaired) electrons. The first kappa shape index (κ1) is 12.3. The van der Waals surface area contributed by atoms with E-state index in [0.717, 1.165) is 5.56 Å². The zero-order valence-corrected chi connectivity index (χ0v) is 10.5. The molecular formula is C14H22O. The third-order valence-electron chi connectivity index (χ3n) is 3.42. The molecule has 0 aromatic heterocycles. The predicted octanol–water partition coefficient (Wildman–Crippen LogP) is 3.56. The van der Waals surface area contributed by atoms with E-state index in [1.807, 2.05) is 0 Å². The number of aliphatic hydroxyl groups excluding tert-OH is 1. The fourth-order valence-corrected chi connectivity index (χ4v) is 2.07. The van der Waals surface area contributed by atoms with Crippen LogP contribution in [-0.2, 0) is 6.61 Å². The van der Waals surface area contributed by atoms with Gasteiger partial charge in [-0.3, -0.25) is 0 Å². The molecule has 0 bridgehead atoms. The summed E-state index contributed by atoms with van der Waals surface area (Å²) in [5.41, 5.74) is 4.96. The Labute approximate surface area is 93.1 Å². The molecule has 84 valence electrons. The van der Waals surface area contributed by atoms with Crippen LogP contribution in [-0.4, -0.2) is 5.11 Å². The largest absolute Gasteiger partial charge is 0.392 e. The fraction of sp³-hybridized carbons (Fsp3) is 0.571. The SMILES string of the molecule is Cc1ccc(C)c(C(C)C(C)C)c1CO. The van der Waals surface area contributed by atoms with Crippen LogP contribution in [0.25, 0.3) is 0 Å². The maximum absolute atomic E-state index is 9.45. The summed E-state index contributed by atoms with van der Waals surface area (Å²) in [4.78, 5) is 0. The summed E-state index contributed by atoms with van der Waals surface area (Å²) in [5, 5.41) is 9.45. The molecule has 0 amide bonds. The van der Waals surface area contributed by atoms with Crippen molar-refractivity contribution in [2.75, 3.05) is 0 Å². The Balaban J connectivity index is 3.30. The second kappa shape index (κ2) is 4.80. The van der Waals surface area contributed by atoms with Crippen LogP contribution >= 0.6 is 0 Å². The summed E-state index contributed by atoms with van der Waals surface area (Å²) in [6.07, 6.45) is 0. The first-order chi connectivity index (χ1) is 6.99. The Morgan fingerprint density at radius 1 is 1.07 bits per heavy atom. The van der Waals surface area contributed by atoms with Crippen LogP contribution in [0.4, 0.5) is 0 Å². The minimum Gasteiger partial charge on any atom is -0.392 e. The number of aliphatic hydroxyl groups is 1. The predicted molar refractivity (Wildman–Crippen MR) is 65.1 cm³/mol. The molecule has 0 fully saturated rings. The average Bonchev–Trinajstić information content (AvgIpc) is 2.19. The molecule has 15 heavy (non-hydrogen) atoms. The van der Waals surface area contributed by atoms with Gasteiger partial charge in [0, 0.05) is 0 Å². The van der Waals surface area contributed by atoms with Gasteiger partial charge in [-0.1, -0.05) is 32.9 Å². The molecule has 1 N–H and O–H groups in total. The van der Waals surface area contributed by atoms with Gasteiger partial charge in [-0.25, -0.2) is 0 Å². The summed E-state index contributed by atoms with van der Waals surface area (Å²) in [6, 6.07) is 4.25. The van der Waals surface area contributed by atoms with Gasteiger partial charge in [-0.2, -0.15) is 0 Å². The van der Waals surface area contributed by atoms with Crippen molar-refractivity contribution in [1.82, 2.24) is 0 Å². The molecule has 1 heteroatoms. The molecule has 0 saturated heterocycles. The smallest absolute Gasteiger partial charge is 0.0687 e. The van der Waals surface area contributed by atoms with Crippen LogP contribution in [0.3, 0.4) is 0 Å². The topological polar surface area (TPSA) is 20.2 Å². The van der Waals surface area contributed by atoms with E-state index in [0.29, 0.717) is 11.8 Å². The lowest BCUT2D eigenvalue weighted by Crippen LogP contribution is -2.09. The van der Waals surface area contributed by atoms with Crippen LogP contribution in [0.2, 0.25) is 0 Å². The van der Waals surface area contributed by atoms with Crippen molar-refractivity contribution in [3.8, 4) is 0 Å². The van der Waals surface area contributed by atoms with Crippen molar-refractivity contribution < 1.29 is 5.11 Å². The number of benzene rings is 1. The zero-order valence-electron chi connectivity index (χ0n) is 10.5. The molecule has 0 heterocycles. The van der Waals surface area contributed by atoms with Gasteiger partial charge in [0.1, 0.15) is 0 Å². The summed E-state index contributed by atoms with van der Waals surface area (Å²) in [5.74, 6) is 1.11. The quantitative estimate of drug-likeness (QED) is 0.801. The van der Waals surface area contributed by atoms with Crippen molar-refractivity contribution in [1.29, 1.82) is 0 Å². The number of rotatable bonds is 3. The van der Waals surface area contributed by atoms with E-state index in [2.05, 4.69) is 46.8 Å². The van der Waals surface area contributed by atoms with Crippen molar-refractivity contribution in [3.05, 3.63) is 34.4 Å². The molecule has 1 rings (SSSR count). The number of aryl methyl sites for hydroxylation is 2. The van der Waals surface area contributed by atoms with Gasteiger partial charge in [-0.15, -0.1) is 0 Å². The van der Waals surface area contributed by atoms with Crippen molar-refractivity contribution in [2.24, 2.45) is 5.92 Å². The maximum atomic E-state index is 9.45. The monoisotopic (exact) mass is 206 g/mol. The van der Waals surface area contributed by atoms with Gasteiger partial charge >= 0.3 is 0 Å². The van der Waals surface area contributed by atoms with Gasteiger partial charge in [0.05, 0.1) is 6.61 Å². The Bertz CT molecular complexity index is 339. The first-order valence-corrected chi connectivity index (χ1v) is 5.68. The third-order valence-corrected chi connectivity index (χ3v) is 3.42. The zero-order chi connectivity index (χ0) is 11.6. The van der Waals surface area contributed by atoms with Crippen molar-refractivity contribution in [3.63, 3.8) is 0 Å². The summed E-state index contributed by atoms with van der Waals surface area (Å²) >= 11 is 0. The van der Waals surface area contributed by atoms with Gasteiger partial charge in [-0.05, 0) is 47.9 Å². The second-order valence-electron chi connectivity index (χ2n) is 4.78. The van der Waals surface area contributed by atoms with Crippen LogP contribution < -0.4 is 0 Å². The molecule has 1 aromatic rings. The van der Waals surface area contributed by atoms with Crippen LogP contribution in [0, 0.1) is 19.8 Å². The second-order valence-corrected chi connectivity index (χ2v) is 4.78. The first-order valence-electron chi connectivity index (χ1n) is 5.68. The summed E-state index contributed by atoms with van der Waals surface area (Å²) in [6.45, 7) is 11.1. The van der Waals surface area contributed by atoms with Crippen LogP contribution in [0.15, 0.2) is 12.1 Å². The molecule has 0 aliphatic rings. The Kier molecular flexibility index (Phi) is 3.92. The van der Waals surface area contributed by atoms with E-state index in [-0.39, 0.29) is 6.61 Å². The van der Waals surface area contributed by atoms with Gasteiger partial charge in [0.25, 0.3) is 0 Å². The highest BCUT2D eigenvalue weighted by atomic mass is 16.3. The lowest BCUT2D eigenvalue weighted by molar-refractivity contribution is 0.278. The molecule has 1 aromatic carbocycles. The van der Waals surface area contributed by atoms with Crippen molar-refractivity contribution in [2.45, 2.75) is 47.1 Å². The van der Waals surface area contributed by atoms with Gasteiger partial charge < -0.3 is 5.11 Å². The van der Waals surface area contributed by atoms with Gasteiger partial charge in [0.15, 0.2) is 0 Å². The molecule has 0 spiro atoms. The van der Waals surface area contributed by atoms with E-state index in [1.165, 1.54) is 16.7 Å². The molecule has 1 unspecified atom stereocenters. The third kappa shape index (κ3) is 2.40. The highest BCUT2D eigenvalue weighted by Crippen LogP contribution is 2.31. The van der Waals surface area contributed by atoms with E-state index in [4.69, 9.17) is 0 Å². The van der Waals surface area contributed by atoms with E-state index >= 15 is 0 Å². The normalized spacial score (nSPS) is 13.3. The fourth-order valence-electron chi connectivity index (χ4n) is 2.07. The van der Waals surface area contributed by atoms with E-state index < -0.39 is 0 Å².